The topological polar surface area (TPSA) is 33.5 Å². The van der Waals surface area contributed by atoms with Crippen molar-refractivity contribution in [2.45, 2.75) is 26.3 Å². The number of carbonyl (C=O) groups excluding carboxylic acids is 1. The Morgan fingerprint density at radius 3 is 2.61 bits per heavy atom. The lowest BCUT2D eigenvalue weighted by molar-refractivity contribution is -0.898. The normalized spacial score (nSPS) is 23.6. The van der Waals surface area contributed by atoms with Gasteiger partial charge >= 0.3 is 0 Å². The third-order valence-electron chi connectivity index (χ3n) is 3.72. The van der Waals surface area contributed by atoms with Gasteiger partial charge < -0.3 is 10.2 Å². The van der Waals surface area contributed by atoms with Crippen LogP contribution in [0.15, 0.2) is 30.3 Å². The zero-order chi connectivity index (χ0) is 12.8. The molecule has 0 saturated carbocycles. The van der Waals surface area contributed by atoms with Crippen LogP contribution in [0, 0.1) is 5.92 Å². The summed E-state index contributed by atoms with van der Waals surface area (Å²) in [5.74, 6) is 1.00. The number of quaternary nitrogens is 1. The zero-order valence-electron chi connectivity index (χ0n) is 11.1. The first kappa shape index (κ1) is 13.1. The van der Waals surface area contributed by atoms with E-state index in [1.54, 1.807) is 0 Å². The number of rotatable bonds is 4. The second kappa shape index (κ2) is 6.55. The summed E-state index contributed by atoms with van der Waals surface area (Å²) in [7, 11) is 0. The van der Waals surface area contributed by atoms with E-state index in [1.807, 2.05) is 30.3 Å². The van der Waals surface area contributed by atoms with Crippen molar-refractivity contribution in [3.8, 4) is 0 Å². The number of hydrogen-bond donors (Lipinski definition) is 2. The maximum atomic E-state index is 11.8. The van der Waals surface area contributed by atoms with Crippen LogP contribution in [0.2, 0.25) is 0 Å². The molecule has 0 aromatic heterocycles. The van der Waals surface area contributed by atoms with E-state index in [-0.39, 0.29) is 5.91 Å². The summed E-state index contributed by atoms with van der Waals surface area (Å²) in [6, 6.07) is 10.1. The number of amides is 1. The minimum Gasteiger partial charge on any atom is -0.347 e. The van der Waals surface area contributed by atoms with Crippen LogP contribution in [0.5, 0.6) is 0 Å². The fourth-order valence-electron chi connectivity index (χ4n) is 2.43. The molecule has 1 aromatic carbocycles. The summed E-state index contributed by atoms with van der Waals surface area (Å²) in [6.45, 7) is 5.84. The van der Waals surface area contributed by atoms with Crippen LogP contribution in [0.25, 0.3) is 0 Å². The Morgan fingerprint density at radius 1 is 1.28 bits per heavy atom. The fourth-order valence-corrected chi connectivity index (χ4v) is 2.43. The number of piperidine rings is 1. The van der Waals surface area contributed by atoms with Crippen molar-refractivity contribution in [3.63, 3.8) is 0 Å². The van der Waals surface area contributed by atoms with Gasteiger partial charge in [0.2, 0.25) is 0 Å². The molecule has 0 unspecified atom stereocenters. The number of likely N-dealkylation sites (tertiary alicyclic amines) is 1. The van der Waals surface area contributed by atoms with Gasteiger partial charge in [-0.15, -0.1) is 0 Å². The van der Waals surface area contributed by atoms with E-state index >= 15 is 0 Å². The van der Waals surface area contributed by atoms with Gasteiger partial charge in [-0.1, -0.05) is 37.3 Å². The highest BCUT2D eigenvalue weighted by molar-refractivity contribution is 5.76. The summed E-state index contributed by atoms with van der Waals surface area (Å²) in [6.07, 6.45) is 2.50. The molecule has 1 heterocycles. The lowest BCUT2D eigenvalue weighted by atomic mass is 9.99. The Bertz CT molecular complexity index is 369. The molecular weight excluding hydrogens is 224 g/mol. The van der Waals surface area contributed by atoms with Crippen LogP contribution in [-0.2, 0) is 11.3 Å². The van der Waals surface area contributed by atoms with Gasteiger partial charge in [-0.25, -0.2) is 0 Å². The van der Waals surface area contributed by atoms with Gasteiger partial charge in [-0.05, 0) is 24.3 Å². The van der Waals surface area contributed by atoms with Crippen molar-refractivity contribution in [2.75, 3.05) is 19.6 Å². The van der Waals surface area contributed by atoms with E-state index < -0.39 is 0 Å². The first-order chi connectivity index (χ1) is 8.74. The minimum absolute atomic E-state index is 0.170. The highest BCUT2D eigenvalue weighted by atomic mass is 16.2. The summed E-state index contributed by atoms with van der Waals surface area (Å²) in [4.78, 5) is 13.3. The molecule has 3 nitrogen and oxygen atoms in total. The van der Waals surface area contributed by atoms with Crippen molar-refractivity contribution in [2.24, 2.45) is 5.92 Å². The lowest BCUT2D eigenvalue weighted by Gasteiger charge is -2.26. The van der Waals surface area contributed by atoms with Crippen LogP contribution in [0.1, 0.15) is 25.3 Å². The number of carbonyl (C=O) groups is 1. The minimum atomic E-state index is 0.170. The Balaban J connectivity index is 1.69. The van der Waals surface area contributed by atoms with Crippen molar-refractivity contribution in [1.29, 1.82) is 0 Å². The second-order valence-corrected chi connectivity index (χ2v) is 5.37. The van der Waals surface area contributed by atoms with Crippen molar-refractivity contribution >= 4 is 5.91 Å². The van der Waals surface area contributed by atoms with Gasteiger partial charge in [0.1, 0.15) is 0 Å². The predicted octanol–water partition coefficient (Wildman–Crippen LogP) is 0.618. The zero-order valence-corrected chi connectivity index (χ0v) is 11.1. The Morgan fingerprint density at radius 2 is 1.94 bits per heavy atom. The molecule has 1 aliphatic rings. The molecule has 0 bridgehead atoms. The summed E-state index contributed by atoms with van der Waals surface area (Å²) >= 11 is 0. The molecule has 1 fully saturated rings. The van der Waals surface area contributed by atoms with Crippen LogP contribution in [-0.4, -0.2) is 25.5 Å². The Labute approximate surface area is 109 Å². The van der Waals surface area contributed by atoms with Gasteiger partial charge in [-0.2, -0.15) is 0 Å². The molecule has 1 saturated heterocycles. The average Bonchev–Trinajstić information content (AvgIpc) is 2.40. The molecule has 0 spiro atoms. The van der Waals surface area contributed by atoms with Crippen LogP contribution >= 0.6 is 0 Å². The smallest absolute Gasteiger partial charge is 0.275 e. The third-order valence-corrected chi connectivity index (χ3v) is 3.72. The van der Waals surface area contributed by atoms with Gasteiger partial charge in [-0.3, -0.25) is 4.79 Å². The van der Waals surface area contributed by atoms with Gasteiger partial charge in [0.05, 0.1) is 13.1 Å². The lowest BCUT2D eigenvalue weighted by Crippen LogP contribution is -3.14. The quantitative estimate of drug-likeness (QED) is 0.803. The summed E-state index contributed by atoms with van der Waals surface area (Å²) in [5, 5.41) is 3.00. The molecule has 2 N–H and O–H groups in total. The molecule has 2 rings (SSSR count). The van der Waals surface area contributed by atoms with Crippen LogP contribution < -0.4 is 10.2 Å². The molecule has 1 aromatic rings. The van der Waals surface area contributed by atoms with E-state index in [0.717, 1.165) is 24.6 Å². The first-order valence-electron chi connectivity index (χ1n) is 6.88. The van der Waals surface area contributed by atoms with E-state index in [4.69, 9.17) is 0 Å². The van der Waals surface area contributed by atoms with Crippen molar-refractivity contribution < 1.29 is 9.69 Å². The number of hydrogen-bond acceptors (Lipinski definition) is 1. The largest absolute Gasteiger partial charge is 0.347 e. The van der Waals surface area contributed by atoms with Crippen LogP contribution in [0.3, 0.4) is 0 Å². The second-order valence-electron chi connectivity index (χ2n) is 5.37. The van der Waals surface area contributed by atoms with Gasteiger partial charge in [0.25, 0.3) is 5.91 Å². The monoisotopic (exact) mass is 247 g/mol. The van der Waals surface area contributed by atoms with Gasteiger partial charge in [0.15, 0.2) is 6.54 Å². The maximum absolute atomic E-state index is 11.8. The van der Waals surface area contributed by atoms with Crippen molar-refractivity contribution in [3.05, 3.63) is 35.9 Å². The molecule has 98 valence electrons. The molecular formula is C15H23N2O+. The van der Waals surface area contributed by atoms with E-state index in [1.165, 1.54) is 17.7 Å². The molecule has 18 heavy (non-hydrogen) atoms. The molecule has 0 aliphatic carbocycles. The third kappa shape index (κ3) is 4.15. The van der Waals surface area contributed by atoms with E-state index in [2.05, 4.69) is 12.2 Å². The SMILES string of the molecule is CC1CC[NH+](CC(=O)NCc2ccccc2)CC1. The Hall–Kier alpha value is -1.35. The molecule has 0 atom stereocenters. The maximum Gasteiger partial charge on any atom is 0.275 e. The highest BCUT2D eigenvalue weighted by Gasteiger charge is 2.20. The van der Waals surface area contributed by atoms with E-state index in [0.29, 0.717) is 13.1 Å². The standard InChI is InChI=1S/C15H22N2O/c1-13-7-9-17(10-8-13)12-15(18)16-11-14-5-3-2-4-6-14/h2-6,13H,7-12H2,1H3,(H,16,18)/p+1. The first-order valence-corrected chi connectivity index (χ1v) is 6.88. The number of benzene rings is 1. The molecule has 1 aliphatic heterocycles. The van der Waals surface area contributed by atoms with Gasteiger partial charge in [0, 0.05) is 6.54 Å². The summed E-state index contributed by atoms with van der Waals surface area (Å²) < 4.78 is 0. The van der Waals surface area contributed by atoms with Crippen molar-refractivity contribution in [1.82, 2.24) is 5.32 Å². The fraction of sp³-hybridized carbons (Fsp3) is 0.533. The van der Waals surface area contributed by atoms with E-state index in [9.17, 15) is 4.79 Å². The molecule has 1 amide bonds. The molecule has 3 heteroatoms. The predicted molar refractivity (Wildman–Crippen MR) is 72.3 cm³/mol. The summed E-state index contributed by atoms with van der Waals surface area (Å²) in [5.41, 5.74) is 1.16. The molecule has 0 radical (unpaired) electrons. The highest BCUT2D eigenvalue weighted by Crippen LogP contribution is 2.06. The Kier molecular flexibility index (Phi) is 4.76. The van der Waals surface area contributed by atoms with Crippen LogP contribution in [0.4, 0.5) is 0 Å². The number of nitrogens with one attached hydrogen (secondary N) is 2. The average molecular weight is 247 g/mol.